The van der Waals surface area contributed by atoms with Crippen molar-refractivity contribution in [3.8, 4) is 0 Å². The van der Waals surface area contributed by atoms with Gasteiger partial charge in [0.15, 0.2) is 0 Å². The van der Waals surface area contributed by atoms with Crippen molar-refractivity contribution in [1.29, 1.82) is 0 Å². The molecule has 20 heavy (non-hydrogen) atoms. The van der Waals surface area contributed by atoms with Crippen LogP contribution in [0.25, 0.3) is 0 Å². The van der Waals surface area contributed by atoms with Crippen molar-refractivity contribution < 1.29 is 13.9 Å². The van der Waals surface area contributed by atoms with Crippen LogP contribution in [-0.4, -0.2) is 42.8 Å². The summed E-state index contributed by atoms with van der Waals surface area (Å²) >= 11 is 0. The number of nitrogens with one attached hydrogen (secondary N) is 1. The average molecular weight is 284 g/mol. The molecule has 0 bridgehead atoms. The Kier molecular flexibility index (Phi) is 4.73. The van der Waals surface area contributed by atoms with Crippen molar-refractivity contribution in [2.75, 3.05) is 26.7 Å². The second-order valence-electron chi connectivity index (χ2n) is 5.77. The number of rotatable bonds is 7. The molecule has 0 heterocycles. The molecule has 1 atom stereocenters. The normalized spacial score (nSPS) is 18.3. The summed E-state index contributed by atoms with van der Waals surface area (Å²) in [6, 6.07) is 3.90. The van der Waals surface area contributed by atoms with Crippen LogP contribution in [0, 0.1) is 11.6 Å². The van der Waals surface area contributed by atoms with E-state index in [1.54, 1.807) is 0 Å². The van der Waals surface area contributed by atoms with Gasteiger partial charge in [-0.25, -0.2) is 8.78 Å². The van der Waals surface area contributed by atoms with Crippen LogP contribution in [0.4, 0.5) is 8.78 Å². The van der Waals surface area contributed by atoms with Gasteiger partial charge in [0.1, 0.15) is 11.6 Å². The number of benzene rings is 1. The van der Waals surface area contributed by atoms with Crippen molar-refractivity contribution in [3.05, 3.63) is 35.4 Å². The van der Waals surface area contributed by atoms with Gasteiger partial charge in [-0.2, -0.15) is 0 Å². The maximum atomic E-state index is 13.3. The predicted molar refractivity (Wildman–Crippen MR) is 74.5 cm³/mol. The van der Waals surface area contributed by atoms with Gasteiger partial charge in [0, 0.05) is 30.7 Å². The first-order chi connectivity index (χ1) is 9.45. The van der Waals surface area contributed by atoms with Crippen LogP contribution in [-0.2, 0) is 5.54 Å². The number of likely N-dealkylation sites (N-methyl/N-ethyl adjacent to an activating group) is 1. The van der Waals surface area contributed by atoms with E-state index >= 15 is 0 Å². The fourth-order valence-electron chi connectivity index (χ4n) is 2.72. The van der Waals surface area contributed by atoms with Crippen LogP contribution < -0.4 is 5.32 Å². The Balaban J connectivity index is 2.01. The number of halogens is 2. The summed E-state index contributed by atoms with van der Waals surface area (Å²) in [6.07, 6.45) is 1.79. The van der Waals surface area contributed by atoms with E-state index < -0.39 is 11.6 Å². The highest BCUT2D eigenvalue weighted by molar-refractivity contribution is 5.31. The van der Waals surface area contributed by atoms with E-state index in [2.05, 4.69) is 5.32 Å². The smallest absolute Gasteiger partial charge is 0.126 e. The average Bonchev–Trinajstić information content (AvgIpc) is 3.08. The van der Waals surface area contributed by atoms with Gasteiger partial charge < -0.3 is 15.3 Å². The molecule has 1 fully saturated rings. The topological polar surface area (TPSA) is 35.5 Å². The highest BCUT2D eigenvalue weighted by Gasteiger charge is 2.45. The standard InChI is InChI=1S/C15H22F2N2O/c1-11(10-19(2)5-6-20)18-15(3-4-15)12-7-13(16)9-14(17)8-12/h7-9,11,18,20H,3-6,10H2,1-2H3/t11-/m1/s1. The Morgan fingerprint density at radius 1 is 1.30 bits per heavy atom. The minimum Gasteiger partial charge on any atom is -0.395 e. The Morgan fingerprint density at radius 2 is 1.90 bits per heavy atom. The summed E-state index contributed by atoms with van der Waals surface area (Å²) in [5.41, 5.74) is 0.397. The second-order valence-corrected chi connectivity index (χ2v) is 5.77. The first-order valence-corrected chi connectivity index (χ1v) is 6.99. The van der Waals surface area contributed by atoms with Crippen LogP contribution in [0.5, 0.6) is 0 Å². The van der Waals surface area contributed by atoms with E-state index in [0.717, 1.165) is 25.5 Å². The van der Waals surface area contributed by atoms with Gasteiger partial charge in [-0.1, -0.05) is 0 Å². The fourth-order valence-corrected chi connectivity index (χ4v) is 2.72. The molecule has 1 aromatic carbocycles. The van der Waals surface area contributed by atoms with Crippen LogP contribution in [0.3, 0.4) is 0 Å². The molecule has 1 aromatic rings. The molecule has 1 aliphatic carbocycles. The van der Waals surface area contributed by atoms with E-state index in [1.165, 1.54) is 12.1 Å². The molecule has 5 heteroatoms. The third-order valence-corrected chi connectivity index (χ3v) is 3.76. The molecule has 2 rings (SSSR count). The molecule has 0 radical (unpaired) electrons. The molecule has 0 aliphatic heterocycles. The lowest BCUT2D eigenvalue weighted by atomic mass is 10.0. The molecule has 0 unspecified atom stereocenters. The Morgan fingerprint density at radius 3 is 2.40 bits per heavy atom. The van der Waals surface area contributed by atoms with E-state index in [-0.39, 0.29) is 18.2 Å². The second kappa shape index (κ2) is 6.16. The molecule has 0 saturated heterocycles. The number of hydrogen-bond donors (Lipinski definition) is 2. The maximum absolute atomic E-state index is 13.3. The number of aliphatic hydroxyl groups is 1. The van der Waals surface area contributed by atoms with Crippen LogP contribution in [0.1, 0.15) is 25.3 Å². The molecule has 112 valence electrons. The largest absolute Gasteiger partial charge is 0.395 e. The number of nitrogens with zero attached hydrogens (tertiary/aromatic N) is 1. The van der Waals surface area contributed by atoms with Crippen LogP contribution in [0.2, 0.25) is 0 Å². The van der Waals surface area contributed by atoms with Gasteiger partial charge in [0.2, 0.25) is 0 Å². The Bertz CT molecular complexity index is 443. The van der Waals surface area contributed by atoms with Crippen LogP contribution >= 0.6 is 0 Å². The first kappa shape index (κ1) is 15.4. The van der Waals surface area contributed by atoms with Gasteiger partial charge >= 0.3 is 0 Å². The molecule has 1 saturated carbocycles. The van der Waals surface area contributed by atoms with Crippen molar-refractivity contribution in [2.24, 2.45) is 0 Å². The van der Waals surface area contributed by atoms with E-state index in [1.807, 2.05) is 18.9 Å². The maximum Gasteiger partial charge on any atom is 0.126 e. The monoisotopic (exact) mass is 284 g/mol. The summed E-state index contributed by atoms with van der Waals surface area (Å²) in [4.78, 5) is 2.03. The number of aliphatic hydroxyl groups excluding tert-OH is 1. The molecular weight excluding hydrogens is 262 g/mol. The zero-order chi connectivity index (χ0) is 14.8. The van der Waals surface area contributed by atoms with Crippen molar-refractivity contribution in [3.63, 3.8) is 0 Å². The van der Waals surface area contributed by atoms with Gasteiger partial charge in [-0.15, -0.1) is 0 Å². The third-order valence-electron chi connectivity index (χ3n) is 3.76. The number of hydrogen-bond acceptors (Lipinski definition) is 3. The molecular formula is C15H22F2N2O. The predicted octanol–water partition coefficient (Wildman–Crippen LogP) is 1.86. The molecule has 1 aliphatic rings. The van der Waals surface area contributed by atoms with Gasteiger partial charge in [0.05, 0.1) is 6.61 Å². The highest BCUT2D eigenvalue weighted by atomic mass is 19.1. The molecule has 0 amide bonds. The van der Waals surface area contributed by atoms with E-state index in [9.17, 15) is 8.78 Å². The Hall–Kier alpha value is -1.04. The molecule has 0 aromatic heterocycles. The lowest BCUT2D eigenvalue weighted by molar-refractivity contribution is 0.206. The third kappa shape index (κ3) is 3.75. The molecule has 3 nitrogen and oxygen atoms in total. The first-order valence-electron chi connectivity index (χ1n) is 6.99. The molecule has 0 spiro atoms. The lowest BCUT2D eigenvalue weighted by Crippen LogP contribution is -2.43. The Labute approximate surface area is 118 Å². The van der Waals surface area contributed by atoms with Gasteiger partial charge in [-0.3, -0.25) is 0 Å². The van der Waals surface area contributed by atoms with Gasteiger partial charge in [-0.05, 0) is 44.5 Å². The van der Waals surface area contributed by atoms with Crippen molar-refractivity contribution in [1.82, 2.24) is 10.2 Å². The zero-order valence-electron chi connectivity index (χ0n) is 12.0. The minimum atomic E-state index is -0.530. The summed E-state index contributed by atoms with van der Waals surface area (Å²) in [5.74, 6) is -1.06. The SMILES string of the molecule is C[C@H](CN(C)CCO)NC1(c2cc(F)cc(F)c2)CC1. The van der Waals surface area contributed by atoms with Gasteiger partial charge in [0.25, 0.3) is 0 Å². The summed E-state index contributed by atoms with van der Waals surface area (Å²) in [7, 11) is 1.94. The lowest BCUT2D eigenvalue weighted by Gasteiger charge is -2.27. The minimum absolute atomic E-state index is 0.128. The summed E-state index contributed by atoms with van der Waals surface area (Å²) < 4.78 is 26.7. The quantitative estimate of drug-likeness (QED) is 0.802. The summed E-state index contributed by atoms with van der Waals surface area (Å²) in [6.45, 7) is 3.57. The van der Waals surface area contributed by atoms with Crippen LogP contribution in [0.15, 0.2) is 18.2 Å². The highest BCUT2D eigenvalue weighted by Crippen LogP contribution is 2.46. The fraction of sp³-hybridized carbons (Fsp3) is 0.600. The molecule has 2 N–H and O–H groups in total. The zero-order valence-corrected chi connectivity index (χ0v) is 12.0. The van der Waals surface area contributed by atoms with Crippen molar-refractivity contribution in [2.45, 2.75) is 31.3 Å². The van der Waals surface area contributed by atoms with E-state index in [0.29, 0.717) is 12.1 Å². The summed E-state index contributed by atoms with van der Waals surface area (Å²) in [5, 5.41) is 12.4. The van der Waals surface area contributed by atoms with E-state index in [4.69, 9.17) is 5.11 Å². The van der Waals surface area contributed by atoms with Crippen molar-refractivity contribution >= 4 is 0 Å².